The molecule has 1 saturated heterocycles. The van der Waals surface area contributed by atoms with Gasteiger partial charge in [-0.05, 0) is 20.5 Å². The third-order valence-corrected chi connectivity index (χ3v) is 3.43. The Kier molecular flexibility index (Phi) is 3.66. The highest BCUT2D eigenvalue weighted by molar-refractivity contribution is 5.80. The molecule has 0 aromatic heterocycles. The fourth-order valence-electron chi connectivity index (χ4n) is 2.39. The maximum absolute atomic E-state index is 5.94. The Morgan fingerprint density at radius 2 is 2.38 bits per heavy atom. The molecule has 2 unspecified atom stereocenters. The molecule has 0 saturated carbocycles. The quantitative estimate of drug-likeness (QED) is 0.707. The van der Waals surface area contributed by atoms with E-state index in [1.54, 1.807) is 0 Å². The largest absolute Gasteiger partial charge is 0.381 e. The van der Waals surface area contributed by atoms with Gasteiger partial charge in [-0.1, -0.05) is 0 Å². The predicted octanol–water partition coefficient (Wildman–Crippen LogP) is -0.417. The molecule has 2 atom stereocenters. The number of rotatable bonds is 4. The van der Waals surface area contributed by atoms with Crippen LogP contribution in [-0.2, 0) is 4.74 Å². The van der Waals surface area contributed by atoms with Gasteiger partial charge >= 0.3 is 0 Å². The van der Waals surface area contributed by atoms with E-state index < -0.39 is 0 Å². The van der Waals surface area contributed by atoms with Gasteiger partial charge in [0.2, 0.25) is 0 Å². The Balaban J connectivity index is 1.92. The number of aliphatic imine (C=N–C) groups is 1. The van der Waals surface area contributed by atoms with Crippen molar-refractivity contribution in [1.29, 1.82) is 0 Å². The molecular formula is C11H22N4O. The molecule has 0 amide bonds. The predicted molar refractivity (Wildman–Crippen MR) is 64.5 cm³/mol. The molecule has 0 aromatic rings. The molecule has 16 heavy (non-hydrogen) atoms. The molecule has 1 fully saturated rings. The van der Waals surface area contributed by atoms with E-state index in [0.29, 0.717) is 17.9 Å². The van der Waals surface area contributed by atoms with E-state index in [4.69, 9.17) is 10.5 Å². The zero-order valence-electron chi connectivity index (χ0n) is 10.2. The van der Waals surface area contributed by atoms with E-state index >= 15 is 0 Å². The Morgan fingerprint density at radius 1 is 1.56 bits per heavy atom. The Labute approximate surface area is 97.2 Å². The van der Waals surface area contributed by atoms with Gasteiger partial charge in [0, 0.05) is 25.6 Å². The second-order valence-electron chi connectivity index (χ2n) is 4.89. The third kappa shape index (κ3) is 2.47. The van der Waals surface area contributed by atoms with Gasteiger partial charge in [0.1, 0.15) is 0 Å². The summed E-state index contributed by atoms with van der Waals surface area (Å²) in [5.41, 5.74) is 5.94. The average molecular weight is 226 g/mol. The van der Waals surface area contributed by atoms with Crippen LogP contribution in [0.2, 0.25) is 0 Å². The minimum atomic E-state index is 0.461. The molecule has 2 aliphatic heterocycles. The Hall–Kier alpha value is -0.810. The van der Waals surface area contributed by atoms with Crippen molar-refractivity contribution in [1.82, 2.24) is 9.80 Å². The van der Waals surface area contributed by atoms with Crippen molar-refractivity contribution in [3.63, 3.8) is 0 Å². The summed E-state index contributed by atoms with van der Waals surface area (Å²) >= 11 is 0. The van der Waals surface area contributed by atoms with Gasteiger partial charge in [-0.15, -0.1) is 0 Å². The first-order valence-corrected chi connectivity index (χ1v) is 5.97. The highest BCUT2D eigenvalue weighted by Gasteiger charge is 2.34. The van der Waals surface area contributed by atoms with Crippen LogP contribution in [0.15, 0.2) is 4.99 Å². The van der Waals surface area contributed by atoms with E-state index in [0.717, 1.165) is 39.3 Å². The van der Waals surface area contributed by atoms with E-state index in [2.05, 4.69) is 28.9 Å². The first-order valence-electron chi connectivity index (χ1n) is 5.97. The standard InChI is InChI=1S/C11H22N4O/c1-14(2)4-5-15-10(7-13-11(15)12)9-3-6-16-8-9/h9-10H,3-8H2,1-2H3,(H2,12,13). The van der Waals surface area contributed by atoms with Crippen LogP contribution in [0.5, 0.6) is 0 Å². The van der Waals surface area contributed by atoms with Gasteiger partial charge in [-0.3, -0.25) is 4.99 Å². The SMILES string of the molecule is CN(C)CCN1C(N)=NCC1C1CCOC1. The number of nitrogens with two attached hydrogens (primary N) is 1. The van der Waals surface area contributed by atoms with E-state index in [1.807, 2.05) is 0 Å². The van der Waals surface area contributed by atoms with Crippen molar-refractivity contribution in [2.45, 2.75) is 12.5 Å². The maximum Gasteiger partial charge on any atom is 0.191 e. The fraction of sp³-hybridized carbons (Fsp3) is 0.909. The van der Waals surface area contributed by atoms with Gasteiger partial charge in [0.25, 0.3) is 0 Å². The molecule has 2 N–H and O–H groups in total. The second kappa shape index (κ2) is 5.01. The molecule has 2 aliphatic rings. The summed E-state index contributed by atoms with van der Waals surface area (Å²) in [4.78, 5) is 8.79. The average Bonchev–Trinajstić information content (AvgIpc) is 2.83. The lowest BCUT2D eigenvalue weighted by Gasteiger charge is -2.30. The highest BCUT2D eigenvalue weighted by atomic mass is 16.5. The zero-order chi connectivity index (χ0) is 11.5. The molecule has 2 rings (SSSR count). The number of guanidine groups is 1. The van der Waals surface area contributed by atoms with E-state index in [9.17, 15) is 0 Å². The molecule has 0 spiro atoms. The summed E-state index contributed by atoms with van der Waals surface area (Å²) in [5, 5.41) is 0. The van der Waals surface area contributed by atoms with Crippen molar-refractivity contribution in [3.05, 3.63) is 0 Å². The maximum atomic E-state index is 5.94. The lowest BCUT2D eigenvalue weighted by atomic mass is 9.98. The fourth-order valence-corrected chi connectivity index (χ4v) is 2.39. The number of hydrogen-bond acceptors (Lipinski definition) is 5. The number of likely N-dealkylation sites (N-methyl/N-ethyl adjacent to an activating group) is 1. The summed E-state index contributed by atoms with van der Waals surface area (Å²) in [6, 6.07) is 0.461. The van der Waals surface area contributed by atoms with Crippen molar-refractivity contribution in [2.24, 2.45) is 16.6 Å². The number of nitrogens with zero attached hydrogens (tertiary/aromatic N) is 3. The van der Waals surface area contributed by atoms with Gasteiger partial charge in [0.05, 0.1) is 19.2 Å². The Morgan fingerprint density at radius 3 is 3.00 bits per heavy atom. The molecule has 5 nitrogen and oxygen atoms in total. The minimum Gasteiger partial charge on any atom is -0.381 e. The highest BCUT2D eigenvalue weighted by Crippen LogP contribution is 2.24. The lowest BCUT2D eigenvalue weighted by molar-refractivity contribution is 0.160. The van der Waals surface area contributed by atoms with Crippen molar-refractivity contribution < 1.29 is 4.74 Å². The molecular weight excluding hydrogens is 204 g/mol. The van der Waals surface area contributed by atoms with Gasteiger partial charge in [-0.2, -0.15) is 0 Å². The second-order valence-corrected chi connectivity index (χ2v) is 4.89. The van der Waals surface area contributed by atoms with Crippen LogP contribution in [-0.4, -0.2) is 68.7 Å². The topological polar surface area (TPSA) is 54.1 Å². The van der Waals surface area contributed by atoms with Crippen LogP contribution in [0.25, 0.3) is 0 Å². The summed E-state index contributed by atoms with van der Waals surface area (Å²) in [5.74, 6) is 1.31. The lowest BCUT2D eigenvalue weighted by Crippen LogP contribution is -2.47. The van der Waals surface area contributed by atoms with Crippen LogP contribution in [0.3, 0.4) is 0 Å². The monoisotopic (exact) mass is 226 g/mol. The first kappa shape index (κ1) is 11.7. The number of hydrogen-bond donors (Lipinski definition) is 1. The first-order chi connectivity index (χ1) is 7.68. The molecule has 5 heteroatoms. The molecule has 0 aromatic carbocycles. The van der Waals surface area contributed by atoms with E-state index in [-0.39, 0.29) is 0 Å². The molecule has 92 valence electrons. The van der Waals surface area contributed by atoms with Crippen molar-refractivity contribution >= 4 is 5.96 Å². The van der Waals surface area contributed by atoms with Gasteiger partial charge in [-0.25, -0.2) is 0 Å². The van der Waals surface area contributed by atoms with Crippen LogP contribution in [0.1, 0.15) is 6.42 Å². The molecule has 0 bridgehead atoms. The van der Waals surface area contributed by atoms with Gasteiger partial charge < -0.3 is 20.3 Å². The third-order valence-electron chi connectivity index (χ3n) is 3.43. The smallest absolute Gasteiger partial charge is 0.191 e. The molecule has 2 heterocycles. The summed E-state index contributed by atoms with van der Waals surface area (Å²) in [6.07, 6.45) is 1.14. The van der Waals surface area contributed by atoms with Crippen LogP contribution < -0.4 is 5.73 Å². The van der Waals surface area contributed by atoms with Crippen LogP contribution in [0, 0.1) is 5.92 Å². The van der Waals surface area contributed by atoms with Crippen molar-refractivity contribution in [2.75, 3.05) is 46.9 Å². The summed E-state index contributed by atoms with van der Waals surface area (Å²) in [6.45, 7) is 4.58. The van der Waals surface area contributed by atoms with E-state index in [1.165, 1.54) is 0 Å². The van der Waals surface area contributed by atoms with Crippen LogP contribution >= 0.6 is 0 Å². The zero-order valence-corrected chi connectivity index (χ0v) is 10.2. The van der Waals surface area contributed by atoms with Gasteiger partial charge in [0.15, 0.2) is 5.96 Å². The number of ether oxygens (including phenoxy) is 1. The summed E-state index contributed by atoms with van der Waals surface area (Å²) < 4.78 is 5.45. The molecule has 0 radical (unpaired) electrons. The van der Waals surface area contributed by atoms with Crippen molar-refractivity contribution in [3.8, 4) is 0 Å². The normalized spacial score (nSPS) is 30.2. The molecule has 0 aliphatic carbocycles. The van der Waals surface area contributed by atoms with Crippen LogP contribution in [0.4, 0.5) is 0 Å². The summed E-state index contributed by atoms with van der Waals surface area (Å²) in [7, 11) is 4.16. The Bertz CT molecular complexity index is 261. The minimum absolute atomic E-state index is 0.461.